The lowest BCUT2D eigenvalue weighted by Crippen LogP contribution is -2.45. The average Bonchev–Trinajstić information content (AvgIpc) is 2.41. The van der Waals surface area contributed by atoms with Crippen molar-refractivity contribution in [3.63, 3.8) is 0 Å². The first-order valence-electron chi connectivity index (χ1n) is 7.15. The fourth-order valence-electron chi connectivity index (χ4n) is 3.35. The standard InChI is InChI=1S/C14H27NOS/c1-15(13-5-3-2-4-6-13)11-14(12-17)7-9-16-10-8-14/h13,17H,2-12H2,1H3. The predicted octanol–water partition coefficient (Wildman–Crippen LogP) is 2.98. The van der Waals surface area contributed by atoms with Crippen LogP contribution in [-0.4, -0.2) is 43.5 Å². The minimum absolute atomic E-state index is 0.410. The van der Waals surface area contributed by atoms with Crippen LogP contribution in [0.4, 0.5) is 0 Å². The van der Waals surface area contributed by atoms with Gasteiger partial charge in [-0.3, -0.25) is 0 Å². The second-order valence-corrected chi connectivity index (χ2v) is 6.29. The number of hydrogen-bond donors (Lipinski definition) is 1. The van der Waals surface area contributed by atoms with E-state index in [-0.39, 0.29) is 0 Å². The highest BCUT2D eigenvalue weighted by atomic mass is 32.1. The maximum atomic E-state index is 5.50. The molecule has 2 aliphatic rings. The molecule has 0 N–H and O–H groups in total. The molecule has 100 valence electrons. The van der Waals surface area contributed by atoms with Crippen LogP contribution < -0.4 is 0 Å². The third-order valence-electron chi connectivity index (χ3n) is 4.67. The molecule has 0 aromatic heterocycles. The summed E-state index contributed by atoms with van der Waals surface area (Å²) < 4.78 is 5.50. The number of thiol groups is 1. The van der Waals surface area contributed by atoms with Crippen LogP contribution in [0.2, 0.25) is 0 Å². The van der Waals surface area contributed by atoms with E-state index in [4.69, 9.17) is 4.74 Å². The highest BCUT2D eigenvalue weighted by Crippen LogP contribution is 2.34. The molecule has 0 radical (unpaired) electrons. The summed E-state index contributed by atoms with van der Waals surface area (Å²) in [6.07, 6.45) is 9.46. The molecule has 2 nitrogen and oxygen atoms in total. The molecule has 0 aromatic carbocycles. The summed E-state index contributed by atoms with van der Waals surface area (Å²) in [6.45, 7) is 3.07. The van der Waals surface area contributed by atoms with E-state index in [1.165, 1.54) is 51.5 Å². The second kappa shape index (κ2) is 6.44. The van der Waals surface area contributed by atoms with Crippen molar-refractivity contribution < 1.29 is 4.74 Å². The highest BCUT2D eigenvalue weighted by molar-refractivity contribution is 7.80. The lowest BCUT2D eigenvalue weighted by molar-refractivity contribution is 0.00264. The van der Waals surface area contributed by atoms with E-state index < -0.39 is 0 Å². The topological polar surface area (TPSA) is 12.5 Å². The van der Waals surface area contributed by atoms with E-state index in [2.05, 4.69) is 24.6 Å². The molecule has 17 heavy (non-hydrogen) atoms. The van der Waals surface area contributed by atoms with Gasteiger partial charge in [0.1, 0.15) is 0 Å². The maximum Gasteiger partial charge on any atom is 0.0472 e. The van der Waals surface area contributed by atoms with Crippen molar-refractivity contribution in [3.05, 3.63) is 0 Å². The fraction of sp³-hybridized carbons (Fsp3) is 1.00. The van der Waals surface area contributed by atoms with Gasteiger partial charge in [-0.2, -0.15) is 12.6 Å². The van der Waals surface area contributed by atoms with Crippen LogP contribution in [0.25, 0.3) is 0 Å². The quantitative estimate of drug-likeness (QED) is 0.777. The number of ether oxygens (including phenoxy) is 1. The molecule has 1 aliphatic carbocycles. The summed E-state index contributed by atoms with van der Waals surface area (Å²) >= 11 is 4.61. The van der Waals surface area contributed by atoms with E-state index in [0.717, 1.165) is 25.0 Å². The van der Waals surface area contributed by atoms with E-state index >= 15 is 0 Å². The van der Waals surface area contributed by atoms with Crippen LogP contribution in [0.1, 0.15) is 44.9 Å². The van der Waals surface area contributed by atoms with Crippen molar-refractivity contribution in [2.24, 2.45) is 5.41 Å². The van der Waals surface area contributed by atoms with Gasteiger partial charge >= 0.3 is 0 Å². The summed E-state index contributed by atoms with van der Waals surface area (Å²) in [5.74, 6) is 1.01. The Labute approximate surface area is 112 Å². The largest absolute Gasteiger partial charge is 0.381 e. The Bertz CT molecular complexity index is 222. The lowest BCUT2D eigenvalue weighted by Gasteiger charge is -2.42. The van der Waals surface area contributed by atoms with Gasteiger partial charge in [-0.1, -0.05) is 19.3 Å². The molecule has 1 saturated heterocycles. The van der Waals surface area contributed by atoms with Gasteiger partial charge in [0.25, 0.3) is 0 Å². The van der Waals surface area contributed by atoms with Crippen molar-refractivity contribution in [1.29, 1.82) is 0 Å². The first-order chi connectivity index (χ1) is 8.26. The average molecular weight is 257 g/mol. The first kappa shape index (κ1) is 13.7. The monoisotopic (exact) mass is 257 g/mol. The summed E-state index contributed by atoms with van der Waals surface area (Å²) in [4.78, 5) is 2.61. The van der Waals surface area contributed by atoms with Crippen LogP contribution in [0.15, 0.2) is 0 Å². The van der Waals surface area contributed by atoms with Crippen LogP contribution >= 0.6 is 12.6 Å². The zero-order chi connectivity index (χ0) is 12.1. The molecular weight excluding hydrogens is 230 g/mol. The summed E-state index contributed by atoms with van der Waals surface area (Å²) in [5.41, 5.74) is 0.410. The lowest BCUT2D eigenvalue weighted by atomic mass is 9.81. The molecule has 0 atom stereocenters. The normalized spacial score (nSPS) is 26.3. The van der Waals surface area contributed by atoms with E-state index in [1.807, 2.05) is 0 Å². The van der Waals surface area contributed by atoms with Gasteiger partial charge in [-0.25, -0.2) is 0 Å². The smallest absolute Gasteiger partial charge is 0.0472 e. The van der Waals surface area contributed by atoms with Crippen LogP contribution in [0.5, 0.6) is 0 Å². The molecule has 0 unspecified atom stereocenters. The molecule has 0 aromatic rings. The Morgan fingerprint density at radius 3 is 2.41 bits per heavy atom. The molecule has 2 rings (SSSR count). The molecule has 1 aliphatic heterocycles. The SMILES string of the molecule is CN(CC1(CS)CCOCC1)C1CCCCC1. The first-order valence-corrected chi connectivity index (χ1v) is 7.78. The van der Waals surface area contributed by atoms with E-state index in [0.29, 0.717) is 5.41 Å². The minimum Gasteiger partial charge on any atom is -0.381 e. The van der Waals surface area contributed by atoms with Crippen molar-refractivity contribution in [2.45, 2.75) is 51.0 Å². The number of nitrogens with zero attached hydrogens (tertiary/aromatic N) is 1. The summed E-state index contributed by atoms with van der Waals surface area (Å²) in [5, 5.41) is 0. The number of rotatable bonds is 4. The van der Waals surface area contributed by atoms with E-state index in [9.17, 15) is 0 Å². The molecule has 1 heterocycles. The Kier molecular flexibility index (Phi) is 5.19. The summed E-state index contributed by atoms with van der Waals surface area (Å²) in [7, 11) is 2.32. The van der Waals surface area contributed by atoms with Crippen molar-refractivity contribution in [2.75, 3.05) is 32.6 Å². The zero-order valence-corrected chi connectivity index (χ0v) is 12.1. The Hall–Kier alpha value is 0.270. The van der Waals surface area contributed by atoms with Gasteiger partial charge in [0, 0.05) is 25.8 Å². The fourth-order valence-corrected chi connectivity index (χ4v) is 3.77. The molecule has 1 saturated carbocycles. The van der Waals surface area contributed by atoms with Crippen LogP contribution in [0.3, 0.4) is 0 Å². The molecule has 0 bridgehead atoms. The minimum atomic E-state index is 0.410. The van der Waals surface area contributed by atoms with Crippen LogP contribution in [0, 0.1) is 5.41 Å². The van der Waals surface area contributed by atoms with Gasteiger partial charge in [0.2, 0.25) is 0 Å². The predicted molar refractivity (Wildman–Crippen MR) is 75.8 cm³/mol. The Morgan fingerprint density at radius 2 is 1.82 bits per heavy atom. The van der Waals surface area contributed by atoms with Gasteiger partial charge < -0.3 is 9.64 Å². The molecule has 3 heteroatoms. The number of hydrogen-bond acceptors (Lipinski definition) is 3. The molecule has 0 spiro atoms. The summed E-state index contributed by atoms with van der Waals surface area (Å²) in [6, 6.07) is 0.823. The third-order valence-corrected chi connectivity index (χ3v) is 5.34. The van der Waals surface area contributed by atoms with Gasteiger partial charge in [-0.15, -0.1) is 0 Å². The van der Waals surface area contributed by atoms with Crippen molar-refractivity contribution in [3.8, 4) is 0 Å². The maximum absolute atomic E-state index is 5.50. The highest BCUT2D eigenvalue weighted by Gasteiger charge is 2.34. The molecule has 2 fully saturated rings. The van der Waals surface area contributed by atoms with Crippen molar-refractivity contribution >= 4 is 12.6 Å². The Morgan fingerprint density at radius 1 is 1.18 bits per heavy atom. The molecular formula is C14H27NOS. The van der Waals surface area contributed by atoms with Gasteiger partial charge in [-0.05, 0) is 43.9 Å². The second-order valence-electron chi connectivity index (χ2n) is 5.98. The van der Waals surface area contributed by atoms with E-state index in [1.54, 1.807) is 0 Å². The van der Waals surface area contributed by atoms with Gasteiger partial charge in [0.15, 0.2) is 0 Å². The van der Waals surface area contributed by atoms with Gasteiger partial charge in [0.05, 0.1) is 0 Å². The molecule has 0 amide bonds. The Balaban J connectivity index is 1.88. The van der Waals surface area contributed by atoms with Crippen LogP contribution in [-0.2, 0) is 4.74 Å². The third kappa shape index (κ3) is 3.62. The van der Waals surface area contributed by atoms with Crippen molar-refractivity contribution in [1.82, 2.24) is 4.90 Å². The zero-order valence-electron chi connectivity index (χ0n) is 11.2.